The maximum absolute atomic E-state index is 12.8. The molecule has 0 bridgehead atoms. The van der Waals surface area contributed by atoms with Crippen molar-refractivity contribution in [3.05, 3.63) is 34.6 Å². The summed E-state index contributed by atoms with van der Waals surface area (Å²) in [5.74, 6) is -0.737. The molecule has 0 saturated heterocycles. The fourth-order valence-electron chi connectivity index (χ4n) is 4.10. The Morgan fingerprint density at radius 3 is 1.78 bits per heavy atom. The van der Waals surface area contributed by atoms with Gasteiger partial charge in [0.2, 0.25) is 0 Å². The quantitative estimate of drug-likeness (QED) is 0.412. The molecule has 0 aliphatic heterocycles. The molecule has 0 amide bonds. The van der Waals surface area contributed by atoms with Gasteiger partial charge in [0.05, 0.1) is 61.0 Å². The highest BCUT2D eigenvalue weighted by molar-refractivity contribution is 6.13. The Morgan fingerprint density at radius 2 is 1.28 bits per heavy atom. The third kappa shape index (κ3) is 4.81. The predicted octanol–water partition coefficient (Wildman–Crippen LogP) is 3.42. The van der Waals surface area contributed by atoms with Crippen molar-refractivity contribution in [1.82, 2.24) is 9.97 Å². The van der Waals surface area contributed by atoms with Gasteiger partial charge in [0.25, 0.3) is 0 Å². The third-order valence-corrected chi connectivity index (χ3v) is 5.17. The Morgan fingerprint density at radius 1 is 0.781 bits per heavy atom. The average molecular weight is 445 g/mol. The zero-order valence-electron chi connectivity index (χ0n) is 20.5. The highest BCUT2D eigenvalue weighted by atomic mass is 16.5. The van der Waals surface area contributed by atoms with Crippen molar-refractivity contribution in [2.75, 3.05) is 55.5 Å². The zero-order valence-corrected chi connectivity index (χ0v) is 20.5. The minimum atomic E-state index is -0.371. The summed E-state index contributed by atoms with van der Waals surface area (Å²) in [6.45, 7) is 5.47. The maximum Gasteiger partial charge on any atom is 0.355 e. The lowest BCUT2D eigenvalue weighted by Crippen LogP contribution is -2.34. The van der Waals surface area contributed by atoms with Crippen LogP contribution in [0, 0.1) is 0 Å². The van der Waals surface area contributed by atoms with Gasteiger partial charge in [-0.1, -0.05) is 6.07 Å². The molecule has 0 saturated carbocycles. The van der Waals surface area contributed by atoms with Crippen LogP contribution in [0.5, 0.6) is 0 Å². The van der Waals surface area contributed by atoms with Gasteiger partial charge in [-0.2, -0.15) is 0 Å². The maximum atomic E-state index is 12.8. The second-order valence-corrected chi connectivity index (χ2v) is 10.2. The number of nitrogens with zero attached hydrogens (tertiary/aromatic N) is 2. The molecule has 174 valence electrons. The van der Waals surface area contributed by atoms with Crippen LogP contribution in [-0.2, 0) is 22.6 Å². The van der Waals surface area contributed by atoms with E-state index >= 15 is 0 Å². The predicted molar refractivity (Wildman–Crippen MR) is 126 cm³/mol. The van der Waals surface area contributed by atoms with Crippen molar-refractivity contribution in [2.45, 2.75) is 26.9 Å². The Balaban J connectivity index is 2.37. The number of hydrogen-bond donors (Lipinski definition) is 2. The Bertz CT molecular complexity index is 1160. The normalized spacial score (nSPS) is 12.5. The Labute approximate surface area is 189 Å². The van der Waals surface area contributed by atoms with Gasteiger partial charge in [-0.05, 0) is 19.9 Å². The van der Waals surface area contributed by atoms with Gasteiger partial charge in [-0.15, -0.1) is 0 Å². The fourth-order valence-corrected chi connectivity index (χ4v) is 4.10. The number of fused-ring (bicyclic) bond motifs is 3. The standard InChI is InChI=1S/C24H34N4O4/c1-9-31-23(29)21-16(13-27(3,4)5)15-11-12-18-19(20(15)26-21)17(14-28(6,7)8)22(25-18)24(30)32-10-2/h11-12H,9-10,13-14H2,1-8H3/p+2. The van der Waals surface area contributed by atoms with E-state index in [1.807, 2.05) is 12.1 Å². The number of benzene rings is 1. The topological polar surface area (TPSA) is 84.2 Å². The number of aromatic nitrogens is 2. The number of rotatable bonds is 8. The molecule has 0 radical (unpaired) electrons. The zero-order chi connectivity index (χ0) is 23.8. The molecule has 0 fully saturated rings. The number of ether oxygens (including phenoxy) is 2. The molecule has 8 heteroatoms. The van der Waals surface area contributed by atoms with Gasteiger partial charge < -0.3 is 28.4 Å². The van der Waals surface area contributed by atoms with E-state index in [2.05, 4.69) is 52.3 Å². The molecule has 0 aliphatic carbocycles. The number of H-pyrrole nitrogens is 2. The van der Waals surface area contributed by atoms with Crippen LogP contribution in [-0.4, -0.2) is 86.4 Å². The largest absolute Gasteiger partial charge is 0.461 e. The number of esters is 2. The summed E-state index contributed by atoms with van der Waals surface area (Å²) in [6.07, 6.45) is 0. The van der Waals surface area contributed by atoms with E-state index in [1.165, 1.54) is 0 Å². The molecule has 3 aromatic rings. The fraction of sp³-hybridized carbons (Fsp3) is 0.500. The average Bonchev–Trinajstić information content (AvgIpc) is 3.18. The first-order chi connectivity index (χ1) is 14.9. The van der Waals surface area contributed by atoms with Crippen LogP contribution in [0.2, 0.25) is 0 Å². The van der Waals surface area contributed by atoms with Crippen LogP contribution >= 0.6 is 0 Å². The number of quaternary nitrogens is 2. The van der Waals surface area contributed by atoms with E-state index < -0.39 is 0 Å². The molecule has 32 heavy (non-hydrogen) atoms. The van der Waals surface area contributed by atoms with E-state index in [1.54, 1.807) is 13.8 Å². The van der Waals surface area contributed by atoms with Gasteiger partial charge in [0, 0.05) is 27.4 Å². The van der Waals surface area contributed by atoms with Crippen LogP contribution in [0.25, 0.3) is 21.8 Å². The first kappa shape index (κ1) is 23.8. The van der Waals surface area contributed by atoms with Gasteiger partial charge in [0.15, 0.2) is 0 Å². The molecule has 2 aromatic heterocycles. The van der Waals surface area contributed by atoms with E-state index in [-0.39, 0.29) is 11.9 Å². The van der Waals surface area contributed by atoms with Gasteiger partial charge in [-0.3, -0.25) is 0 Å². The molecule has 0 atom stereocenters. The molecule has 1 aromatic carbocycles. The van der Waals surface area contributed by atoms with Gasteiger partial charge in [0.1, 0.15) is 24.5 Å². The SMILES string of the molecule is CCOC(=O)c1[nH]c2c(ccc3[nH]c(C(=O)OCC)c(C[N+](C)(C)C)c32)c1C[N+](C)(C)C. The number of carbonyl (C=O) groups excluding carboxylic acids is 2. The van der Waals surface area contributed by atoms with Crippen molar-refractivity contribution in [3.8, 4) is 0 Å². The molecule has 2 heterocycles. The molecule has 8 nitrogen and oxygen atoms in total. The van der Waals surface area contributed by atoms with Crippen molar-refractivity contribution in [3.63, 3.8) is 0 Å². The summed E-state index contributed by atoms with van der Waals surface area (Å²) in [5.41, 5.74) is 4.40. The molecule has 0 unspecified atom stereocenters. The van der Waals surface area contributed by atoms with Crippen LogP contribution in [0.4, 0.5) is 0 Å². The van der Waals surface area contributed by atoms with E-state index in [0.29, 0.717) is 46.7 Å². The van der Waals surface area contributed by atoms with Crippen LogP contribution < -0.4 is 0 Å². The summed E-state index contributed by atoms with van der Waals surface area (Å²) in [4.78, 5) is 32.2. The molecule has 0 spiro atoms. The number of aromatic amines is 2. The third-order valence-electron chi connectivity index (χ3n) is 5.17. The minimum absolute atomic E-state index is 0.302. The molecule has 3 rings (SSSR count). The van der Waals surface area contributed by atoms with Crippen LogP contribution in [0.1, 0.15) is 46.0 Å². The monoisotopic (exact) mass is 444 g/mol. The first-order valence-corrected chi connectivity index (χ1v) is 11.0. The van der Waals surface area contributed by atoms with E-state index in [0.717, 1.165) is 32.9 Å². The van der Waals surface area contributed by atoms with Gasteiger partial charge >= 0.3 is 11.9 Å². The van der Waals surface area contributed by atoms with Crippen molar-refractivity contribution < 1.29 is 28.0 Å². The van der Waals surface area contributed by atoms with Crippen LogP contribution in [0.3, 0.4) is 0 Å². The summed E-state index contributed by atoms with van der Waals surface area (Å²) in [5, 5.41) is 1.88. The lowest BCUT2D eigenvalue weighted by Gasteiger charge is -2.24. The summed E-state index contributed by atoms with van der Waals surface area (Å²) in [7, 11) is 12.5. The first-order valence-electron chi connectivity index (χ1n) is 11.0. The minimum Gasteiger partial charge on any atom is -0.461 e. The van der Waals surface area contributed by atoms with Crippen molar-refractivity contribution in [1.29, 1.82) is 0 Å². The smallest absolute Gasteiger partial charge is 0.355 e. The highest BCUT2D eigenvalue weighted by Crippen LogP contribution is 2.35. The lowest BCUT2D eigenvalue weighted by atomic mass is 10.0. The Kier molecular flexibility index (Phi) is 6.40. The van der Waals surface area contributed by atoms with Crippen molar-refractivity contribution >= 4 is 33.7 Å². The second-order valence-electron chi connectivity index (χ2n) is 10.2. The van der Waals surface area contributed by atoms with Gasteiger partial charge in [-0.25, -0.2) is 9.59 Å². The van der Waals surface area contributed by atoms with Crippen LogP contribution in [0.15, 0.2) is 12.1 Å². The Hall–Kier alpha value is -2.84. The van der Waals surface area contributed by atoms with E-state index in [4.69, 9.17) is 9.47 Å². The molecule has 0 aliphatic rings. The molecule has 2 N–H and O–H groups in total. The summed E-state index contributed by atoms with van der Waals surface area (Å²) in [6, 6.07) is 3.98. The highest BCUT2D eigenvalue weighted by Gasteiger charge is 2.29. The number of hydrogen-bond acceptors (Lipinski definition) is 4. The lowest BCUT2D eigenvalue weighted by molar-refractivity contribution is -0.883. The molecular formula is C24H36N4O4+2. The summed E-state index contributed by atoms with van der Waals surface area (Å²) >= 11 is 0. The summed E-state index contributed by atoms with van der Waals surface area (Å²) < 4.78 is 12.0. The second kappa shape index (κ2) is 8.60. The number of nitrogens with one attached hydrogen (secondary N) is 2. The van der Waals surface area contributed by atoms with Crippen molar-refractivity contribution in [2.24, 2.45) is 0 Å². The molecular weight excluding hydrogens is 408 g/mol. The van der Waals surface area contributed by atoms with E-state index in [9.17, 15) is 9.59 Å². The number of carbonyl (C=O) groups is 2.